The second-order valence-electron chi connectivity index (χ2n) is 3.91. The Hall–Kier alpha value is -1.12. The fourth-order valence-electron chi connectivity index (χ4n) is 1.58. The zero-order valence-electron chi connectivity index (χ0n) is 9.61. The topological polar surface area (TPSA) is 26.0 Å². The molecule has 0 atom stereocenters. The molecule has 2 aromatic rings. The van der Waals surface area contributed by atoms with Crippen LogP contribution in [0, 0.1) is 6.92 Å². The number of halogens is 1. The Balaban J connectivity index is 2.12. The summed E-state index contributed by atoms with van der Waals surface area (Å²) in [5, 5.41) is 0.778. The predicted octanol–water partition coefficient (Wildman–Crippen LogP) is 4.52. The minimum absolute atomic E-state index is 0.759. The van der Waals surface area contributed by atoms with E-state index in [-0.39, 0.29) is 0 Å². The SMILES string of the molecule is Cc1ccccc1SCc1cc(N)ccc1Cl. The molecule has 0 radical (unpaired) electrons. The molecular formula is C14H14ClNS. The van der Waals surface area contributed by atoms with Gasteiger partial charge in [-0.3, -0.25) is 0 Å². The first-order chi connectivity index (χ1) is 8.16. The van der Waals surface area contributed by atoms with E-state index in [0.29, 0.717) is 0 Å². The Kier molecular flexibility index (Phi) is 3.97. The van der Waals surface area contributed by atoms with Crippen molar-refractivity contribution in [2.75, 3.05) is 5.73 Å². The minimum atomic E-state index is 0.759. The third-order valence-electron chi connectivity index (χ3n) is 2.55. The molecule has 1 nitrogen and oxygen atoms in total. The van der Waals surface area contributed by atoms with Gasteiger partial charge in [0.05, 0.1) is 0 Å². The number of aryl methyl sites for hydroxylation is 1. The molecule has 2 N–H and O–H groups in total. The Bertz CT molecular complexity index is 525. The van der Waals surface area contributed by atoms with E-state index in [1.807, 2.05) is 24.3 Å². The predicted molar refractivity (Wildman–Crippen MR) is 76.6 cm³/mol. The molecule has 0 unspecified atom stereocenters. The zero-order chi connectivity index (χ0) is 12.3. The zero-order valence-corrected chi connectivity index (χ0v) is 11.2. The molecule has 0 spiro atoms. The lowest BCUT2D eigenvalue weighted by atomic mass is 10.2. The van der Waals surface area contributed by atoms with Crippen LogP contribution in [0.25, 0.3) is 0 Å². The largest absolute Gasteiger partial charge is 0.399 e. The van der Waals surface area contributed by atoms with Crippen molar-refractivity contribution in [1.29, 1.82) is 0 Å². The van der Waals surface area contributed by atoms with Crippen molar-refractivity contribution in [1.82, 2.24) is 0 Å². The molecule has 3 heteroatoms. The van der Waals surface area contributed by atoms with Crippen LogP contribution in [0.15, 0.2) is 47.4 Å². The van der Waals surface area contributed by atoms with Gasteiger partial charge in [-0.05, 0) is 42.3 Å². The smallest absolute Gasteiger partial charge is 0.0448 e. The number of nitrogens with two attached hydrogens (primary N) is 1. The van der Waals surface area contributed by atoms with E-state index in [4.69, 9.17) is 17.3 Å². The number of thioether (sulfide) groups is 1. The summed E-state index contributed by atoms with van der Waals surface area (Å²) >= 11 is 7.92. The molecule has 17 heavy (non-hydrogen) atoms. The molecule has 0 saturated heterocycles. The lowest BCUT2D eigenvalue weighted by Gasteiger charge is -2.07. The van der Waals surface area contributed by atoms with E-state index in [1.54, 1.807) is 11.8 Å². The number of anilines is 1. The van der Waals surface area contributed by atoms with Crippen LogP contribution < -0.4 is 5.73 Å². The highest BCUT2D eigenvalue weighted by molar-refractivity contribution is 7.98. The molecule has 0 amide bonds. The van der Waals surface area contributed by atoms with Crippen molar-refractivity contribution in [3.63, 3.8) is 0 Å². The van der Waals surface area contributed by atoms with E-state index in [1.165, 1.54) is 10.5 Å². The van der Waals surface area contributed by atoms with Crippen LogP contribution in [0.1, 0.15) is 11.1 Å². The molecule has 88 valence electrons. The molecule has 2 aromatic carbocycles. The summed E-state index contributed by atoms with van der Waals surface area (Å²) in [7, 11) is 0. The van der Waals surface area contributed by atoms with Gasteiger partial charge >= 0.3 is 0 Å². The quantitative estimate of drug-likeness (QED) is 0.651. The summed E-state index contributed by atoms with van der Waals surface area (Å²) < 4.78 is 0. The average molecular weight is 264 g/mol. The molecule has 0 aliphatic carbocycles. The standard InChI is InChI=1S/C14H14ClNS/c1-10-4-2-3-5-14(10)17-9-11-8-12(16)6-7-13(11)15/h2-8H,9,16H2,1H3. The third-order valence-corrected chi connectivity index (χ3v) is 4.14. The molecule has 0 aliphatic rings. The van der Waals surface area contributed by atoms with Crippen LogP contribution >= 0.6 is 23.4 Å². The van der Waals surface area contributed by atoms with Gasteiger partial charge in [0, 0.05) is 21.4 Å². The van der Waals surface area contributed by atoms with Crippen LogP contribution in [0.5, 0.6) is 0 Å². The van der Waals surface area contributed by atoms with Crippen molar-refractivity contribution in [2.45, 2.75) is 17.6 Å². The van der Waals surface area contributed by atoms with E-state index < -0.39 is 0 Å². The van der Waals surface area contributed by atoms with Gasteiger partial charge < -0.3 is 5.73 Å². The summed E-state index contributed by atoms with van der Waals surface area (Å²) in [5.41, 5.74) is 8.89. The third kappa shape index (κ3) is 3.18. The number of hydrogen-bond acceptors (Lipinski definition) is 2. The number of nitrogen functional groups attached to an aromatic ring is 1. The van der Waals surface area contributed by atoms with Gasteiger partial charge in [-0.1, -0.05) is 29.8 Å². The lowest BCUT2D eigenvalue weighted by molar-refractivity contribution is 1.29. The van der Waals surface area contributed by atoms with Crippen molar-refractivity contribution in [3.05, 3.63) is 58.6 Å². The highest BCUT2D eigenvalue weighted by Crippen LogP contribution is 2.29. The Labute approximate surface area is 111 Å². The van der Waals surface area contributed by atoms with Crippen LogP contribution in [0.3, 0.4) is 0 Å². The van der Waals surface area contributed by atoms with Gasteiger partial charge in [-0.15, -0.1) is 11.8 Å². The van der Waals surface area contributed by atoms with Gasteiger partial charge in [0.1, 0.15) is 0 Å². The molecule has 0 aromatic heterocycles. The summed E-state index contributed by atoms with van der Waals surface area (Å²) in [6.07, 6.45) is 0. The molecule has 0 heterocycles. The van der Waals surface area contributed by atoms with E-state index in [9.17, 15) is 0 Å². The fraction of sp³-hybridized carbons (Fsp3) is 0.143. The van der Waals surface area contributed by atoms with Crippen LogP contribution in [-0.4, -0.2) is 0 Å². The van der Waals surface area contributed by atoms with Crippen molar-refractivity contribution >= 4 is 29.1 Å². The van der Waals surface area contributed by atoms with E-state index in [0.717, 1.165) is 22.0 Å². The number of benzene rings is 2. The van der Waals surface area contributed by atoms with Crippen LogP contribution in [-0.2, 0) is 5.75 Å². The Morgan fingerprint density at radius 1 is 1.18 bits per heavy atom. The highest BCUT2D eigenvalue weighted by Gasteiger charge is 2.03. The first-order valence-electron chi connectivity index (χ1n) is 5.39. The maximum atomic E-state index is 6.13. The van der Waals surface area contributed by atoms with Crippen LogP contribution in [0.4, 0.5) is 5.69 Å². The van der Waals surface area contributed by atoms with Gasteiger partial charge in [-0.25, -0.2) is 0 Å². The van der Waals surface area contributed by atoms with Crippen molar-refractivity contribution in [2.24, 2.45) is 0 Å². The van der Waals surface area contributed by atoms with Crippen molar-refractivity contribution < 1.29 is 0 Å². The number of rotatable bonds is 3. The van der Waals surface area contributed by atoms with Crippen LogP contribution in [0.2, 0.25) is 5.02 Å². The van der Waals surface area contributed by atoms with Gasteiger partial charge in [-0.2, -0.15) is 0 Å². The minimum Gasteiger partial charge on any atom is -0.399 e. The highest BCUT2D eigenvalue weighted by atomic mass is 35.5. The molecule has 0 saturated carbocycles. The van der Waals surface area contributed by atoms with E-state index >= 15 is 0 Å². The first kappa shape index (κ1) is 12.3. The van der Waals surface area contributed by atoms with Gasteiger partial charge in [0.15, 0.2) is 0 Å². The Morgan fingerprint density at radius 3 is 2.71 bits per heavy atom. The molecule has 0 bridgehead atoms. The number of hydrogen-bond donors (Lipinski definition) is 1. The first-order valence-corrected chi connectivity index (χ1v) is 6.75. The summed E-state index contributed by atoms with van der Waals surface area (Å²) in [6.45, 7) is 2.11. The molecular weight excluding hydrogens is 250 g/mol. The second kappa shape index (κ2) is 5.48. The molecule has 0 fully saturated rings. The fourth-order valence-corrected chi connectivity index (χ4v) is 2.86. The van der Waals surface area contributed by atoms with Crippen molar-refractivity contribution in [3.8, 4) is 0 Å². The van der Waals surface area contributed by atoms with Gasteiger partial charge in [0.25, 0.3) is 0 Å². The second-order valence-corrected chi connectivity index (χ2v) is 5.33. The summed E-state index contributed by atoms with van der Waals surface area (Å²) in [5.74, 6) is 0.842. The average Bonchev–Trinajstić information content (AvgIpc) is 2.32. The van der Waals surface area contributed by atoms with Gasteiger partial charge in [0.2, 0.25) is 0 Å². The maximum absolute atomic E-state index is 6.13. The molecule has 0 aliphatic heterocycles. The monoisotopic (exact) mass is 263 g/mol. The molecule has 2 rings (SSSR count). The summed E-state index contributed by atoms with van der Waals surface area (Å²) in [4.78, 5) is 1.28. The summed E-state index contributed by atoms with van der Waals surface area (Å²) in [6, 6.07) is 14.0. The Morgan fingerprint density at radius 2 is 1.94 bits per heavy atom. The van der Waals surface area contributed by atoms with E-state index in [2.05, 4.69) is 25.1 Å². The lowest BCUT2D eigenvalue weighted by Crippen LogP contribution is -1.89. The maximum Gasteiger partial charge on any atom is 0.0448 e. The normalized spacial score (nSPS) is 10.5.